The van der Waals surface area contributed by atoms with E-state index in [1.165, 1.54) is 17.4 Å². The molecule has 0 aliphatic carbocycles. The predicted molar refractivity (Wildman–Crippen MR) is 64.2 cm³/mol. The van der Waals surface area contributed by atoms with Crippen molar-refractivity contribution in [1.29, 1.82) is 0 Å². The summed E-state index contributed by atoms with van der Waals surface area (Å²) < 4.78 is 38.2. The topological polar surface area (TPSA) is 26.0 Å². The van der Waals surface area contributed by atoms with E-state index < -0.39 is 11.7 Å². The Morgan fingerprint density at radius 2 is 2.00 bits per heavy atom. The molecule has 0 radical (unpaired) electrons. The van der Waals surface area contributed by atoms with Crippen molar-refractivity contribution >= 4 is 21.4 Å². The van der Waals surface area contributed by atoms with Crippen LogP contribution in [-0.4, -0.2) is 6.54 Å². The van der Waals surface area contributed by atoms with E-state index in [2.05, 4.69) is 0 Å². The number of thiophene rings is 1. The number of alkyl halides is 3. The Kier molecular flexibility index (Phi) is 3.40. The first kappa shape index (κ1) is 12.4. The summed E-state index contributed by atoms with van der Waals surface area (Å²) in [5.41, 5.74) is 5.93. The quantitative estimate of drug-likeness (QED) is 0.891. The third kappa shape index (κ3) is 2.61. The maximum atomic E-state index is 12.5. The van der Waals surface area contributed by atoms with Crippen LogP contribution in [0.5, 0.6) is 0 Å². The van der Waals surface area contributed by atoms with Gasteiger partial charge in [-0.05, 0) is 47.8 Å². The van der Waals surface area contributed by atoms with Gasteiger partial charge in [-0.3, -0.25) is 0 Å². The van der Waals surface area contributed by atoms with Crippen LogP contribution >= 0.6 is 11.3 Å². The molecule has 0 atom stereocenters. The Hall–Kier alpha value is -1.07. The highest BCUT2D eigenvalue weighted by Gasteiger charge is 2.30. The maximum Gasteiger partial charge on any atom is 0.416 e. The first-order valence-electron chi connectivity index (χ1n) is 5.30. The second-order valence-electron chi connectivity index (χ2n) is 3.86. The van der Waals surface area contributed by atoms with Gasteiger partial charge in [-0.25, -0.2) is 0 Å². The van der Waals surface area contributed by atoms with Crippen molar-refractivity contribution in [1.82, 2.24) is 0 Å². The van der Waals surface area contributed by atoms with Crippen LogP contribution in [0.3, 0.4) is 0 Å². The SMILES string of the molecule is NCCCc1csc2cc(C(F)(F)F)ccc12. The zero-order valence-electron chi connectivity index (χ0n) is 9.05. The molecular formula is C12H12F3NS. The number of fused-ring (bicyclic) bond motifs is 1. The number of halogens is 3. The molecule has 0 saturated carbocycles. The highest BCUT2D eigenvalue weighted by atomic mass is 32.1. The molecule has 1 heterocycles. The standard InChI is InChI=1S/C12H12F3NS/c13-12(14,15)9-3-4-10-8(2-1-5-16)7-17-11(10)6-9/h3-4,6-7H,1-2,5,16H2. The first-order chi connectivity index (χ1) is 8.02. The van der Waals surface area contributed by atoms with E-state index in [4.69, 9.17) is 5.73 Å². The number of hydrogen-bond acceptors (Lipinski definition) is 2. The van der Waals surface area contributed by atoms with Crippen LogP contribution in [0.2, 0.25) is 0 Å². The number of benzene rings is 1. The first-order valence-corrected chi connectivity index (χ1v) is 6.17. The van der Waals surface area contributed by atoms with Crippen LogP contribution in [0.25, 0.3) is 10.1 Å². The van der Waals surface area contributed by atoms with Crippen molar-refractivity contribution in [3.63, 3.8) is 0 Å². The maximum absolute atomic E-state index is 12.5. The molecule has 0 spiro atoms. The lowest BCUT2D eigenvalue weighted by atomic mass is 10.1. The van der Waals surface area contributed by atoms with Gasteiger partial charge in [0.2, 0.25) is 0 Å². The minimum atomic E-state index is -4.27. The molecule has 1 nitrogen and oxygen atoms in total. The van der Waals surface area contributed by atoms with E-state index in [0.29, 0.717) is 11.2 Å². The van der Waals surface area contributed by atoms with Crippen LogP contribution in [-0.2, 0) is 12.6 Å². The van der Waals surface area contributed by atoms with Gasteiger partial charge in [-0.2, -0.15) is 13.2 Å². The van der Waals surface area contributed by atoms with Gasteiger partial charge in [0.25, 0.3) is 0 Å². The monoisotopic (exact) mass is 259 g/mol. The van der Waals surface area contributed by atoms with Crippen molar-refractivity contribution < 1.29 is 13.2 Å². The van der Waals surface area contributed by atoms with Crippen molar-refractivity contribution in [3.05, 3.63) is 34.7 Å². The molecule has 0 aliphatic heterocycles. The molecule has 0 unspecified atom stereocenters. The van der Waals surface area contributed by atoms with Crippen LogP contribution in [0, 0.1) is 0 Å². The number of hydrogen-bond donors (Lipinski definition) is 1. The van der Waals surface area contributed by atoms with E-state index in [0.717, 1.165) is 29.9 Å². The Morgan fingerprint density at radius 1 is 1.24 bits per heavy atom. The van der Waals surface area contributed by atoms with Crippen LogP contribution in [0.15, 0.2) is 23.6 Å². The van der Waals surface area contributed by atoms with E-state index in [-0.39, 0.29) is 0 Å². The Labute approximate surface area is 101 Å². The molecule has 0 bridgehead atoms. The smallest absolute Gasteiger partial charge is 0.330 e. The molecule has 2 N–H and O–H groups in total. The Balaban J connectivity index is 2.38. The molecule has 0 fully saturated rings. The highest BCUT2D eigenvalue weighted by Crippen LogP contribution is 2.34. The van der Waals surface area contributed by atoms with Crippen LogP contribution in [0.4, 0.5) is 13.2 Å². The fourth-order valence-electron chi connectivity index (χ4n) is 1.75. The van der Waals surface area contributed by atoms with Crippen LogP contribution in [0.1, 0.15) is 17.5 Å². The summed E-state index contributed by atoms with van der Waals surface area (Å²) in [5, 5.41) is 2.83. The molecule has 5 heteroatoms. The second kappa shape index (κ2) is 4.66. The minimum Gasteiger partial charge on any atom is -0.330 e. The van der Waals surface area contributed by atoms with Gasteiger partial charge >= 0.3 is 6.18 Å². The zero-order valence-corrected chi connectivity index (χ0v) is 9.87. The third-order valence-electron chi connectivity index (χ3n) is 2.63. The van der Waals surface area contributed by atoms with Crippen molar-refractivity contribution in [2.75, 3.05) is 6.54 Å². The molecule has 1 aromatic carbocycles. The fourth-order valence-corrected chi connectivity index (χ4v) is 2.78. The average molecular weight is 259 g/mol. The summed E-state index contributed by atoms with van der Waals surface area (Å²) >= 11 is 1.35. The summed E-state index contributed by atoms with van der Waals surface area (Å²) in [4.78, 5) is 0. The largest absolute Gasteiger partial charge is 0.416 e. The molecular weight excluding hydrogens is 247 g/mol. The number of nitrogens with two attached hydrogens (primary N) is 1. The van der Waals surface area contributed by atoms with Gasteiger partial charge in [0.05, 0.1) is 5.56 Å². The third-order valence-corrected chi connectivity index (χ3v) is 3.63. The molecule has 0 saturated heterocycles. The fraction of sp³-hybridized carbons (Fsp3) is 0.333. The normalized spacial score (nSPS) is 12.2. The lowest BCUT2D eigenvalue weighted by Crippen LogP contribution is -2.04. The van der Waals surface area contributed by atoms with E-state index in [1.807, 2.05) is 5.38 Å². The van der Waals surface area contributed by atoms with Gasteiger partial charge in [-0.1, -0.05) is 6.07 Å². The summed E-state index contributed by atoms with van der Waals surface area (Å²) in [6.45, 7) is 0.595. The van der Waals surface area contributed by atoms with Gasteiger partial charge in [0.1, 0.15) is 0 Å². The average Bonchev–Trinajstić information content (AvgIpc) is 2.67. The van der Waals surface area contributed by atoms with E-state index in [9.17, 15) is 13.2 Å². The van der Waals surface area contributed by atoms with Crippen molar-refractivity contribution in [3.8, 4) is 0 Å². The second-order valence-corrected chi connectivity index (χ2v) is 4.77. The molecule has 0 aliphatic rings. The summed E-state index contributed by atoms with van der Waals surface area (Å²) in [6.07, 6.45) is -2.59. The van der Waals surface area contributed by atoms with Gasteiger partial charge < -0.3 is 5.73 Å². The summed E-state index contributed by atoms with van der Waals surface area (Å²) in [6, 6.07) is 3.91. The lowest BCUT2D eigenvalue weighted by Gasteiger charge is -2.06. The minimum absolute atomic E-state index is 0.586. The molecule has 17 heavy (non-hydrogen) atoms. The lowest BCUT2D eigenvalue weighted by molar-refractivity contribution is -0.137. The van der Waals surface area contributed by atoms with Gasteiger partial charge in [0, 0.05) is 4.70 Å². The summed E-state index contributed by atoms with van der Waals surface area (Å²) in [5.74, 6) is 0. The predicted octanol–water partition coefficient (Wildman–Crippen LogP) is 3.81. The number of rotatable bonds is 3. The van der Waals surface area contributed by atoms with Crippen molar-refractivity contribution in [2.24, 2.45) is 5.73 Å². The molecule has 0 amide bonds. The summed E-state index contributed by atoms with van der Waals surface area (Å²) in [7, 11) is 0. The van der Waals surface area contributed by atoms with E-state index >= 15 is 0 Å². The Morgan fingerprint density at radius 3 is 2.65 bits per heavy atom. The van der Waals surface area contributed by atoms with Crippen LogP contribution < -0.4 is 5.73 Å². The molecule has 1 aromatic heterocycles. The molecule has 92 valence electrons. The van der Waals surface area contributed by atoms with Crippen molar-refractivity contribution in [2.45, 2.75) is 19.0 Å². The van der Waals surface area contributed by atoms with E-state index in [1.54, 1.807) is 6.07 Å². The molecule has 2 aromatic rings. The van der Waals surface area contributed by atoms with Gasteiger partial charge in [-0.15, -0.1) is 11.3 Å². The zero-order chi connectivity index (χ0) is 12.5. The Bertz CT molecular complexity index is 516. The highest BCUT2D eigenvalue weighted by molar-refractivity contribution is 7.17. The number of aryl methyl sites for hydroxylation is 1. The van der Waals surface area contributed by atoms with Gasteiger partial charge in [0.15, 0.2) is 0 Å². The molecule has 2 rings (SSSR count).